The Kier molecular flexibility index (Phi) is 7.66. The quantitative estimate of drug-likeness (QED) is 0.375. The zero-order valence-electron chi connectivity index (χ0n) is 19.0. The first kappa shape index (κ1) is 26.0. The summed E-state index contributed by atoms with van der Waals surface area (Å²) in [5.74, 6) is -4.10. The van der Waals surface area contributed by atoms with E-state index in [0.29, 0.717) is 18.1 Å². The Balaban J connectivity index is 1.82. The summed E-state index contributed by atoms with van der Waals surface area (Å²) in [4.78, 5) is 25.5. The van der Waals surface area contributed by atoms with Crippen molar-refractivity contribution in [3.05, 3.63) is 46.8 Å². The van der Waals surface area contributed by atoms with E-state index in [0.717, 1.165) is 22.2 Å². The summed E-state index contributed by atoms with van der Waals surface area (Å²) in [6.45, 7) is 2.96. The largest absolute Gasteiger partial charge is 0.419 e. The zero-order valence-corrected chi connectivity index (χ0v) is 19.0. The van der Waals surface area contributed by atoms with Crippen molar-refractivity contribution in [1.29, 1.82) is 5.41 Å². The highest BCUT2D eigenvalue weighted by Crippen LogP contribution is 2.36. The normalized spacial score (nSPS) is 17.6. The van der Waals surface area contributed by atoms with E-state index in [2.05, 4.69) is 25.6 Å². The van der Waals surface area contributed by atoms with Crippen molar-refractivity contribution in [3.63, 3.8) is 0 Å². The number of benzene rings is 1. The average Bonchev–Trinajstić information content (AvgIpc) is 3.09. The van der Waals surface area contributed by atoms with Gasteiger partial charge in [-0.2, -0.15) is 13.2 Å². The predicted octanol–water partition coefficient (Wildman–Crippen LogP) is 4.16. The van der Waals surface area contributed by atoms with Crippen LogP contribution in [-0.4, -0.2) is 64.9 Å². The second kappa shape index (κ2) is 10.3. The number of aliphatic imine (C=N–C) groups is 1. The molecule has 1 aromatic carbocycles. The maximum absolute atomic E-state index is 14.7. The van der Waals surface area contributed by atoms with E-state index in [1.165, 1.54) is 6.21 Å². The number of anilines is 2. The van der Waals surface area contributed by atoms with Gasteiger partial charge in [0.15, 0.2) is 0 Å². The molecule has 1 aliphatic heterocycles. The lowest BCUT2D eigenvalue weighted by Gasteiger charge is -2.29. The van der Waals surface area contributed by atoms with Crippen LogP contribution >= 0.6 is 0 Å². The van der Waals surface area contributed by atoms with Gasteiger partial charge in [0.05, 0.1) is 16.8 Å². The molecule has 0 radical (unpaired) electrons. The number of likely N-dealkylation sites (tertiary alicyclic amines) is 1. The number of carbonyl (C=O) groups excluding carboxylic acids is 1. The topological polar surface area (TPSA) is 106 Å². The van der Waals surface area contributed by atoms with Crippen LogP contribution in [0, 0.1) is 19.3 Å². The molecule has 0 bridgehead atoms. The summed E-state index contributed by atoms with van der Waals surface area (Å²) in [5, 5.41) is 12.5. The zero-order chi connectivity index (χ0) is 25.8. The van der Waals surface area contributed by atoms with Crippen LogP contribution in [0.3, 0.4) is 0 Å². The number of amides is 1. The van der Waals surface area contributed by atoms with Gasteiger partial charge < -0.3 is 20.9 Å². The predicted molar refractivity (Wildman–Crippen MR) is 122 cm³/mol. The number of hydrogen-bond acceptors (Lipinski definition) is 7. The van der Waals surface area contributed by atoms with Crippen LogP contribution in [0.25, 0.3) is 0 Å². The van der Waals surface area contributed by atoms with Gasteiger partial charge in [-0.05, 0) is 31.0 Å². The van der Waals surface area contributed by atoms with Crippen molar-refractivity contribution in [2.75, 3.05) is 30.4 Å². The van der Waals surface area contributed by atoms with Gasteiger partial charge in [0.25, 0.3) is 11.8 Å². The Morgan fingerprint density at radius 2 is 1.94 bits per heavy atom. The number of aryl methyl sites for hydroxylation is 2. The maximum Gasteiger partial charge on any atom is 0.419 e. The number of aromatic nitrogens is 2. The molecule has 1 aliphatic rings. The van der Waals surface area contributed by atoms with E-state index in [-0.39, 0.29) is 24.7 Å². The van der Waals surface area contributed by atoms with Gasteiger partial charge in [-0.25, -0.2) is 18.7 Å². The first-order valence-electron chi connectivity index (χ1n) is 10.6. The minimum atomic E-state index is -4.62. The van der Waals surface area contributed by atoms with E-state index in [1.54, 1.807) is 19.9 Å². The summed E-state index contributed by atoms with van der Waals surface area (Å²) < 4.78 is 67.5. The van der Waals surface area contributed by atoms with Crippen molar-refractivity contribution in [1.82, 2.24) is 14.9 Å². The molecule has 2 heterocycles. The van der Waals surface area contributed by atoms with Crippen molar-refractivity contribution >= 4 is 30.0 Å². The van der Waals surface area contributed by atoms with E-state index in [1.807, 2.05) is 6.07 Å². The Morgan fingerprint density at radius 1 is 1.26 bits per heavy atom. The highest BCUT2D eigenvalue weighted by Gasteiger charge is 2.51. The lowest BCUT2D eigenvalue weighted by Crippen LogP contribution is -2.47. The summed E-state index contributed by atoms with van der Waals surface area (Å²) in [6, 6.07) is 1.86. The molecule has 1 fully saturated rings. The second-order valence-corrected chi connectivity index (χ2v) is 8.04. The first-order valence-corrected chi connectivity index (χ1v) is 10.6. The van der Waals surface area contributed by atoms with Crippen LogP contribution in [0.2, 0.25) is 0 Å². The second-order valence-electron chi connectivity index (χ2n) is 8.04. The van der Waals surface area contributed by atoms with Crippen molar-refractivity contribution < 1.29 is 26.7 Å². The molecular formula is C22H24F5N7O. The fraction of sp³-hybridized carbons (Fsp3) is 0.409. The molecule has 1 unspecified atom stereocenters. The van der Waals surface area contributed by atoms with E-state index < -0.39 is 42.6 Å². The maximum atomic E-state index is 14.7. The third-order valence-corrected chi connectivity index (χ3v) is 5.48. The molecule has 188 valence electrons. The van der Waals surface area contributed by atoms with Gasteiger partial charge in [-0.3, -0.25) is 9.79 Å². The standard InChI is InChI=1S/C22H24F5N7O/c1-13-7-14(2)18(33-12-29-5-4-28)16(8-13)19(35)34-6-3-21(23,24)17(34)11-32-20-30-9-15(10-31-20)22(25,26)27/h4-5,7-10,17,28,33H,3,6,11-12H2,1-2H3,(H,30,31,32). The van der Waals surface area contributed by atoms with Crippen LogP contribution < -0.4 is 10.6 Å². The highest BCUT2D eigenvalue weighted by molar-refractivity contribution is 6.14. The molecule has 13 heteroatoms. The fourth-order valence-electron chi connectivity index (χ4n) is 3.83. The van der Waals surface area contributed by atoms with Gasteiger partial charge in [-0.15, -0.1) is 0 Å². The molecule has 35 heavy (non-hydrogen) atoms. The van der Waals surface area contributed by atoms with Crippen LogP contribution in [0.15, 0.2) is 29.5 Å². The molecule has 2 aromatic rings. The van der Waals surface area contributed by atoms with Gasteiger partial charge >= 0.3 is 6.18 Å². The van der Waals surface area contributed by atoms with E-state index in [9.17, 15) is 26.7 Å². The minimum absolute atomic E-state index is 0.0754. The molecule has 1 saturated heterocycles. The SMILES string of the molecule is Cc1cc(C)c(NCN=CC=N)c(C(=O)N2CCC(F)(F)C2CNc2ncc(C(F)(F)F)cn2)c1. The number of rotatable bonds is 8. The smallest absolute Gasteiger partial charge is 0.365 e. The number of nitrogens with zero attached hydrogens (tertiary/aromatic N) is 4. The molecule has 3 N–H and O–H groups in total. The van der Waals surface area contributed by atoms with Crippen molar-refractivity contribution in [2.45, 2.75) is 38.4 Å². The van der Waals surface area contributed by atoms with Crippen LogP contribution in [-0.2, 0) is 6.18 Å². The molecule has 0 saturated carbocycles. The van der Waals surface area contributed by atoms with Crippen LogP contribution in [0.4, 0.5) is 33.6 Å². The summed E-state index contributed by atoms with van der Waals surface area (Å²) in [5.41, 5.74) is 1.05. The van der Waals surface area contributed by atoms with Gasteiger partial charge in [0, 0.05) is 44.3 Å². The molecule has 8 nitrogen and oxygen atoms in total. The minimum Gasteiger partial charge on any atom is -0.365 e. The Labute approximate surface area is 198 Å². The summed E-state index contributed by atoms with van der Waals surface area (Å²) in [7, 11) is 0. The first-order chi connectivity index (χ1) is 16.4. The number of halogens is 5. The molecule has 3 rings (SSSR count). The third-order valence-electron chi connectivity index (χ3n) is 5.48. The molecule has 0 aliphatic carbocycles. The summed E-state index contributed by atoms with van der Waals surface area (Å²) >= 11 is 0. The highest BCUT2D eigenvalue weighted by atomic mass is 19.4. The Hall–Kier alpha value is -3.64. The van der Waals surface area contributed by atoms with E-state index in [4.69, 9.17) is 5.41 Å². The number of carbonyl (C=O) groups is 1. The van der Waals surface area contributed by atoms with Crippen molar-refractivity contribution in [3.8, 4) is 0 Å². The molecule has 1 atom stereocenters. The van der Waals surface area contributed by atoms with Crippen LogP contribution in [0.5, 0.6) is 0 Å². The average molecular weight is 497 g/mol. The molecule has 0 spiro atoms. The number of hydrogen-bond donors (Lipinski definition) is 3. The lowest BCUT2D eigenvalue weighted by molar-refractivity contribution is -0.138. The monoisotopic (exact) mass is 497 g/mol. The third kappa shape index (κ3) is 6.08. The Bertz CT molecular complexity index is 1100. The molecular weight excluding hydrogens is 473 g/mol. The number of alkyl halides is 5. The van der Waals surface area contributed by atoms with Gasteiger partial charge in [-0.1, -0.05) is 6.07 Å². The van der Waals surface area contributed by atoms with Gasteiger partial charge in [0.1, 0.15) is 12.7 Å². The Morgan fingerprint density at radius 3 is 2.57 bits per heavy atom. The molecule has 1 amide bonds. The van der Waals surface area contributed by atoms with Crippen molar-refractivity contribution in [2.24, 2.45) is 4.99 Å². The molecule has 1 aromatic heterocycles. The lowest BCUT2D eigenvalue weighted by atomic mass is 10.0. The fourth-order valence-corrected chi connectivity index (χ4v) is 3.83. The van der Waals surface area contributed by atoms with Crippen LogP contribution in [0.1, 0.15) is 33.5 Å². The number of nitrogens with one attached hydrogen (secondary N) is 3. The van der Waals surface area contributed by atoms with Gasteiger partial charge in [0.2, 0.25) is 5.95 Å². The van der Waals surface area contributed by atoms with E-state index >= 15 is 0 Å². The summed E-state index contributed by atoms with van der Waals surface area (Å²) in [6.07, 6.45) is -1.80.